The van der Waals surface area contributed by atoms with Crippen LogP contribution in [0.2, 0.25) is 0 Å². The van der Waals surface area contributed by atoms with E-state index in [0.717, 1.165) is 0 Å². The lowest BCUT2D eigenvalue weighted by Crippen LogP contribution is -2.61. The van der Waals surface area contributed by atoms with Crippen molar-refractivity contribution in [3.63, 3.8) is 0 Å². The maximum Gasteiger partial charge on any atom is 0.314 e. The Morgan fingerprint density at radius 3 is 1.82 bits per heavy atom. The van der Waals surface area contributed by atoms with Gasteiger partial charge in [-0.3, -0.25) is 48.3 Å². The Labute approximate surface area is 456 Å². The first-order chi connectivity index (χ1) is 37.0. The van der Waals surface area contributed by atoms with Gasteiger partial charge in [0.2, 0.25) is 47.3 Å². The van der Waals surface area contributed by atoms with Crippen LogP contribution in [0, 0.1) is 5.92 Å². The highest BCUT2D eigenvalue weighted by atomic mass is 16.3. The van der Waals surface area contributed by atoms with Gasteiger partial charge in [0, 0.05) is 52.2 Å². The first-order valence-electron chi connectivity index (χ1n) is 26.8. The molecule has 0 unspecified atom stereocenters. The van der Waals surface area contributed by atoms with Crippen LogP contribution in [0.25, 0.3) is 0 Å². The summed E-state index contributed by atoms with van der Waals surface area (Å²) in [6.45, 7) is 5.00. The van der Waals surface area contributed by atoms with Crippen LogP contribution in [0.5, 0.6) is 5.75 Å². The summed E-state index contributed by atoms with van der Waals surface area (Å²) >= 11 is 0. The fourth-order valence-corrected chi connectivity index (χ4v) is 8.24. The maximum absolute atomic E-state index is 14.3. The number of rotatable bonds is 19. The molecule has 0 spiro atoms. The zero-order chi connectivity index (χ0) is 58.2. The van der Waals surface area contributed by atoms with Crippen LogP contribution in [-0.2, 0) is 44.8 Å². The predicted molar refractivity (Wildman–Crippen MR) is 294 cm³/mol. The molecular weight excluding hydrogens is 1010 g/mol. The summed E-state index contributed by atoms with van der Waals surface area (Å²) in [6.07, 6.45) is 4.05. The number of amides is 10. The molecule has 28 nitrogen and oxygen atoms in total. The number of guanidine groups is 2. The van der Waals surface area contributed by atoms with E-state index in [1.165, 1.54) is 34.1 Å². The van der Waals surface area contributed by atoms with E-state index in [1.54, 1.807) is 6.92 Å². The van der Waals surface area contributed by atoms with E-state index in [2.05, 4.69) is 47.2 Å². The van der Waals surface area contributed by atoms with Gasteiger partial charge in [0.1, 0.15) is 36.0 Å². The fraction of sp³-hybridized carbons (Fsp3) is 0.660. The first kappa shape index (κ1) is 66.6. The molecule has 1 heterocycles. The van der Waals surface area contributed by atoms with Crippen LogP contribution in [0.4, 0.5) is 4.79 Å². The summed E-state index contributed by atoms with van der Waals surface area (Å²) in [7, 11) is 0. The lowest BCUT2D eigenvalue weighted by Gasteiger charge is -2.29. The standard InChI is InChI=1S/C50H88N18O10/c1-4-12-35-42(72)65-38(27-32-16-18-33(69)19-17-32)44(74)66-39(28-51)45(75)64-37(20-15-31(2)3)47(77)67(29-40(53)70)25-8-6-5-7-21-60-50(78)61-24-11-26-68(46(76)34(52)13-9-22-58-48(54)55)30-41(71)62-36(43(73)63-35)14-10-23-59-49(56)57/h16-19,31,34-39,69H,4-15,20-30,51-52H2,1-3H3,(H2,53,70)(H,62,71)(H,63,73)(H,64,75)(H,65,72)(H,66,74)(H4,54,55,58)(H4,56,57,59)(H2,60,61,78)/t34-,35-,36-,37-,38-,39-/m0/s1. The topological polar surface area (TPSA) is 471 Å². The minimum absolute atomic E-state index is 0.0306. The summed E-state index contributed by atoms with van der Waals surface area (Å²) in [5.41, 5.74) is 40.4. The number of benzene rings is 1. The molecule has 6 atom stereocenters. The molecule has 2 rings (SSSR count). The predicted octanol–water partition coefficient (Wildman–Crippen LogP) is -3.61. The van der Waals surface area contributed by atoms with Crippen molar-refractivity contribution in [2.75, 3.05) is 58.9 Å². The third kappa shape index (κ3) is 27.0. The van der Waals surface area contributed by atoms with E-state index >= 15 is 0 Å². The molecule has 0 saturated carbocycles. The summed E-state index contributed by atoms with van der Waals surface area (Å²) in [5, 5.41) is 28.9. The molecule has 0 radical (unpaired) electrons. The second-order valence-corrected chi connectivity index (χ2v) is 19.7. The number of hydrogen-bond acceptors (Lipinski definition) is 14. The summed E-state index contributed by atoms with van der Waals surface area (Å²) in [4.78, 5) is 134. The minimum Gasteiger partial charge on any atom is -0.508 e. The van der Waals surface area contributed by atoms with Crippen molar-refractivity contribution < 1.29 is 48.3 Å². The Kier molecular flexibility index (Phi) is 31.2. The molecule has 1 aromatic rings. The van der Waals surface area contributed by atoms with Gasteiger partial charge in [0.15, 0.2) is 11.9 Å². The maximum atomic E-state index is 14.3. The third-order valence-corrected chi connectivity index (χ3v) is 12.5. The van der Waals surface area contributed by atoms with Gasteiger partial charge in [0.25, 0.3) is 0 Å². The molecule has 1 aliphatic heterocycles. The van der Waals surface area contributed by atoms with Crippen molar-refractivity contribution >= 4 is 65.2 Å². The van der Waals surface area contributed by atoms with E-state index in [4.69, 9.17) is 40.1 Å². The molecule has 0 aromatic heterocycles. The van der Waals surface area contributed by atoms with Crippen LogP contribution in [0.15, 0.2) is 34.3 Å². The lowest BCUT2D eigenvalue weighted by molar-refractivity contribution is -0.140. The van der Waals surface area contributed by atoms with E-state index in [-0.39, 0.29) is 101 Å². The average molecular weight is 1100 g/mol. The largest absolute Gasteiger partial charge is 0.508 e. The van der Waals surface area contributed by atoms with Gasteiger partial charge in [-0.1, -0.05) is 52.2 Å². The first-order valence-corrected chi connectivity index (χ1v) is 26.8. The van der Waals surface area contributed by atoms with Crippen molar-refractivity contribution in [3.05, 3.63) is 29.8 Å². The van der Waals surface area contributed by atoms with Crippen LogP contribution >= 0.6 is 0 Å². The highest BCUT2D eigenvalue weighted by Crippen LogP contribution is 2.15. The number of aromatic hydroxyl groups is 1. The van der Waals surface area contributed by atoms with Crippen molar-refractivity contribution in [2.24, 2.45) is 56.0 Å². The molecular formula is C50H88N18O10. The average Bonchev–Trinajstić information content (AvgIpc) is 3.38. The van der Waals surface area contributed by atoms with Crippen molar-refractivity contribution in [1.29, 1.82) is 0 Å². The van der Waals surface area contributed by atoms with Crippen molar-refractivity contribution in [3.8, 4) is 5.75 Å². The highest BCUT2D eigenvalue weighted by Gasteiger charge is 2.34. The Hall–Kier alpha value is -7.49. The Balaban J connectivity index is 2.63. The van der Waals surface area contributed by atoms with E-state index in [9.17, 15) is 48.3 Å². The van der Waals surface area contributed by atoms with Crippen molar-refractivity contribution in [2.45, 2.75) is 147 Å². The van der Waals surface area contributed by atoms with Crippen LogP contribution in [-0.4, -0.2) is 175 Å². The molecule has 438 valence electrons. The number of carbonyl (C=O) groups excluding carboxylic acids is 9. The third-order valence-electron chi connectivity index (χ3n) is 12.5. The second-order valence-electron chi connectivity index (χ2n) is 19.7. The van der Waals surface area contributed by atoms with Crippen LogP contribution < -0.4 is 77.4 Å². The molecule has 1 aromatic carbocycles. The summed E-state index contributed by atoms with van der Waals surface area (Å²) in [6, 6.07) is -2.29. The van der Waals surface area contributed by atoms with Crippen LogP contribution in [0.3, 0.4) is 0 Å². The monoisotopic (exact) mass is 1100 g/mol. The quantitative estimate of drug-likeness (QED) is 0.0362. The highest BCUT2D eigenvalue weighted by molar-refractivity contribution is 5.97. The number of carbonyl (C=O) groups is 9. The zero-order valence-electron chi connectivity index (χ0n) is 45.6. The van der Waals surface area contributed by atoms with Gasteiger partial charge >= 0.3 is 6.03 Å². The summed E-state index contributed by atoms with van der Waals surface area (Å²) < 4.78 is 0. The Morgan fingerprint density at radius 1 is 0.667 bits per heavy atom. The minimum atomic E-state index is -1.43. The molecule has 1 aliphatic rings. The van der Waals surface area contributed by atoms with E-state index in [1.807, 2.05) is 13.8 Å². The fourth-order valence-electron chi connectivity index (χ4n) is 8.24. The number of nitrogens with two attached hydrogens (primary N) is 7. The van der Waals surface area contributed by atoms with E-state index in [0.29, 0.717) is 57.1 Å². The second kappa shape index (κ2) is 36.5. The number of aliphatic imine (C=N–C) groups is 2. The molecule has 78 heavy (non-hydrogen) atoms. The summed E-state index contributed by atoms with van der Waals surface area (Å²) in [5.74, 6) is -6.23. The number of phenolic OH excluding ortho intramolecular Hbond substituents is 1. The van der Waals surface area contributed by atoms with Gasteiger partial charge in [-0.15, -0.1) is 0 Å². The Bertz CT molecular complexity index is 2160. The molecule has 0 bridgehead atoms. The number of primary amides is 1. The molecule has 28 heteroatoms. The smallest absolute Gasteiger partial charge is 0.314 e. The van der Waals surface area contributed by atoms with Gasteiger partial charge < -0.3 is 92.3 Å². The number of hydrogen-bond donors (Lipinski definition) is 15. The molecule has 0 aliphatic carbocycles. The van der Waals surface area contributed by atoms with Crippen molar-refractivity contribution in [1.82, 2.24) is 47.0 Å². The van der Waals surface area contributed by atoms with Gasteiger partial charge in [-0.25, -0.2) is 4.79 Å². The zero-order valence-corrected chi connectivity index (χ0v) is 45.6. The number of phenols is 1. The Morgan fingerprint density at radius 2 is 1.22 bits per heavy atom. The number of urea groups is 1. The van der Waals surface area contributed by atoms with Crippen LogP contribution in [0.1, 0.15) is 110 Å². The normalized spacial score (nSPS) is 21.2. The molecule has 1 fully saturated rings. The SMILES string of the molecule is CCC[C@@H]1NC(=O)[C@H](CCCN=C(N)N)NC(=O)CN(C(=O)[C@@H](N)CCCN=C(N)N)CCCNC(=O)NCCCCCCN(CC(N)=O)C(=O)[C@H](CCC(C)C)NC(=O)[C@H](CN)NC(=O)[C@H](Cc2ccc(O)cc2)NC1=O. The van der Waals surface area contributed by atoms with Gasteiger partial charge in [0.05, 0.1) is 19.1 Å². The molecule has 1 saturated heterocycles. The van der Waals surface area contributed by atoms with Gasteiger partial charge in [-0.05, 0) is 87.8 Å². The molecule has 10 amide bonds. The molecule has 22 N–H and O–H groups in total. The van der Waals surface area contributed by atoms with Gasteiger partial charge in [-0.2, -0.15) is 0 Å². The van der Waals surface area contributed by atoms with E-state index < -0.39 is 109 Å². The number of nitrogens with one attached hydrogen (secondary N) is 7. The number of nitrogens with zero attached hydrogens (tertiary/aromatic N) is 4. The lowest BCUT2D eigenvalue weighted by atomic mass is 10.0.